The van der Waals surface area contributed by atoms with Crippen molar-refractivity contribution < 1.29 is 101 Å². The van der Waals surface area contributed by atoms with E-state index in [2.05, 4.69) is 175 Å². The summed E-state index contributed by atoms with van der Waals surface area (Å²) in [4.78, 5) is 36.5. The molecule has 4 aromatic carbocycles. The molecule has 0 spiro atoms. The molecule has 4 atom stereocenters. The van der Waals surface area contributed by atoms with Crippen LogP contribution in [0.25, 0.3) is 45.0 Å². The Morgan fingerprint density at radius 2 is 0.798 bits per heavy atom. The van der Waals surface area contributed by atoms with Crippen molar-refractivity contribution in [2.75, 3.05) is 0 Å². The van der Waals surface area contributed by atoms with Crippen LogP contribution in [-0.4, -0.2) is 84.7 Å². The maximum Gasteiger partial charge on any atom is 0.105 e. The normalized spacial score (nSPS) is 31.0. The van der Waals surface area contributed by atoms with Crippen molar-refractivity contribution in [2.24, 2.45) is 88.8 Å². The number of rotatable bonds is 13. The first-order valence-electron chi connectivity index (χ1n) is 43.0. The van der Waals surface area contributed by atoms with Crippen molar-refractivity contribution in [1.29, 1.82) is 0 Å². The molecule has 4 unspecified atom stereocenters. The van der Waals surface area contributed by atoms with Gasteiger partial charge in [0.2, 0.25) is 0 Å². The standard InChI is InChI=1S/C24H29N2.C23H27N2.C21H23N2.C20H21N2.2C5H12O2.4Ir/c1-24(2,3)22-13-21(25-14-26-22)17-5-4-6-18(12-17)23-19-8-15-7-16(10-19)11-20(23)9-15;1-14(2)21-12-22(25-13-24-21)17-3-5-18(6-4-17)23-19-8-15-7-16(10-19)11-20(23)9-15;1-13-20(16-5-3-2-4-6-16)22-12-23-21(13)19-17-8-14-7-15(10-17)11-18(19)9-14;1-2-4-17(5-3-1)18-9-19(22-13-21-18)20-10-14-6-15(11-20)8-16(7-14)12-20;2*1-4(6)3-5(2)7;;;;/h4,6,12-16,19-20,23H,7-11H2,1-3H3;3,5-6,12-16,19-20,23H,7-11H2,1-2H3;2-5,12,14-15,17-19H,7-11H2,1H3;1-4,9,13-16H,6-8,10-12H2;2*4-7H,3H2,1-2H3;;;;/q4*-1;;;;;;. The Bertz CT molecular complexity index is 4200. The van der Waals surface area contributed by atoms with Crippen LogP contribution in [0.1, 0.15) is 273 Å². The minimum absolute atomic E-state index is 0. The third-order valence-electron chi connectivity index (χ3n) is 28.4. The van der Waals surface area contributed by atoms with Gasteiger partial charge < -0.3 is 20.4 Å². The van der Waals surface area contributed by atoms with Crippen LogP contribution < -0.4 is 0 Å². The van der Waals surface area contributed by atoms with Gasteiger partial charge in [-0.05, 0) is 317 Å². The van der Waals surface area contributed by atoms with Crippen LogP contribution in [0.3, 0.4) is 0 Å². The first-order valence-corrected chi connectivity index (χ1v) is 43.0. The minimum Gasteiger partial charge on any atom is -0.393 e. The second-order valence-electron chi connectivity index (χ2n) is 38.6. The monoisotopic (exact) mass is 2250 g/mol. The summed E-state index contributed by atoms with van der Waals surface area (Å²) in [5.41, 5.74) is 18.1. The zero-order valence-corrected chi connectivity index (χ0v) is 78.4. The van der Waals surface area contributed by atoms with Gasteiger partial charge in [0.25, 0.3) is 0 Å². The van der Waals surface area contributed by atoms with E-state index in [9.17, 15) is 0 Å². The Hall–Kier alpha value is -4.36. The van der Waals surface area contributed by atoms with Gasteiger partial charge in [-0.3, -0.25) is 19.9 Å². The number of hydrogen-bond donors (Lipinski definition) is 4. The van der Waals surface area contributed by atoms with Gasteiger partial charge in [0.15, 0.2) is 0 Å². The fourth-order valence-corrected chi connectivity index (χ4v) is 25.1. The summed E-state index contributed by atoms with van der Waals surface area (Å²) in [6, 6.07) is 50.0. The van der Waals surface area contributed by atoms with Crippen LogP contribution in [0, 0.1) is 120 Å². The van der Waals surface area contributed by atoms with Gasteiger partial charge in [-0.15, -0.1) is 143 Å². The van der Waals surface area contributed by atoms with E-state index in [4.69, 9.17) is 30.4 Å². The first kappa shape index (κ1) is 90.4. The van der Waals surface area contributed by atoms with Crippen molar-refractivity contribution in [3.05, 3.63) is 192 Å². The van der Waals surface area contributed by atoms with Crippen molar-refractivity contribution in [1.82, 2.24) is 39.9 Å². The number of aliphatic hydroxyl groups is 4. The Morgan fingerprint density at radius 3 is 1.24 bits per heavy atom. The van der Waals surface area contributed by atoms with Gasteiger partial charge in [0.05, 0.1) is 24.4 Å². The van der Waals surface area contributed by atoms with Crippen molar-refractivity contribution in [3.63, 3.8) is 0 Å². The molecule has 8 aromatic rings. The van der Waals surface area contributed by atoms with E-state index in [1.807, 2.05) is 24.3 Å². The summed E-state index contributed by atoms with van der Waals surface area (Å²) in [6.07, 6.45) is 36.9. The molecule has 24 rings (SSSR count). The van der Waals surface area contributed by atoms with E-state index in [1.54, 1.807) is 53.0 Å². The molecule has 16 heteroatoms. The number of benzene rings is 4. The molecule has 0 aliphatic heterocycles. The van der Waals surface area contributed by atoms with E-state index in [0.717, 1.165) is 157 Å². The molecule has 4 heterocycles. The molecule has 12 nitrogen and oxygen atoms in total. The molecule has 16 fully saturated rings. The second kappa shape index (κ2) is 39.9. The average Bonchev–Trinajstić information content (AvgIpc) is 0.739. The fourth-order valence-electron chi connectivity index (χ4n) is 25.1. The van der Waals surface area contributed by atoms with Gasteiger partial charge in [0.1, 0.15) is 25.3 Å². The summed E-state index contributed by atoms with van der Waals surface area (Å²) in [7, 11) is 0. The average molecular weight is 2250 g/mol. The van der Waals surface area contributed by atoms with Crippen molar-refractivity contribution in [3.8, 4) is 45.0 Å². The quantitative estimate of drug-likeness (QED) is 0.0803. The Balaban J connectivity index is 0.000000140. The number of aromatic nitrogens is 8. The topological polar surface area (TPSA) is 184 Å². The van der Waals surface area contributed by atoms with Gasteiger partial charge >= 0.3 is 0 Å². The van der Waals surface area contributed by atoms with Gasteiger partial charge in [-0.25, -0.2) is 19.9 Å². The maximum absolute atomic E-state index is 8.56. The molecule has 0 saturated heterocycles. The molecule has 620 valence electrons. The van der Waals surface area contributed by atoms with E-state index in [0.29, 0.717) is 30.1 Å². The predicted octanol–water partition coefficient (Wildman–Crippen LogP) is 20.9. The molecule has 4 aromatic heterocycles. The van der Waals surface area contributed by atoms with Gasteiger partial charge in [-0.2, -0.15) is 0 Å². The Labute approximate surface area is 736 Å². The van der Waals surface area contributed by atoms with Crippen LogP contribution in [0.15, 0.2) is 128 Å². The largest absolute Gasteiger partial charge is 0.393 e. The van der Waals surface area contributed by atoms with E-state index in [1.165, 1.54) is 163 Å². The van der Waals surface area contributed by atoms with E-state index >= 15 is 0 Å². The van der Waals surface area contributed by atoms with Gasteiger partial charge in [-0.1, -0.05) is 52.8 Å². The molecule has 4 radical (unpaired) electrons. The summed E-state index contributed by atoms with van der Waals surface area (Å²) >= 11 is 0. The smallest absolute Gasteiger partial charge is 0.105 e. The summed E-state index contributed by atoms with van der Waals surface area (Å²) in [5.74, 6) is 17.1. The number of nitrogens with zero attached hydrogens (tertiary/aromatic N) is 8. The maximum atomic E-state index is 8.56. The molecule has 16 aliphatic rings. The van der Waals surface area contributed by atoms with Crippen molar-refractivity contribution in [2.45, 2.75) is 276 Å². The van der Waals surface area contributed by atoms with Crippen LogP contribution in [-0.2, 0) is 91.3 Å². The molecular weight excluding hydrogens is 2120 g/mol. The molecule has 0 amide bonds. The second-order valence-corrected chi connectivity index (χ2v) is 38.6. The summed E-state index contributed by atoms with van der Waals surface area (Å²) < 4.78 is 0. The summed E-state index contributed by atoms with van der Waals surface area (Å²) in [5, 5.41) is 34.3. The molecule has 4 N–H and O–H groups in total. The molecule has 16 saturated carbocycles. The first-order chi connectivity index (χ1) is 53.0. The fraction of sp³-hybridized carbons (Fsp3) is 0.592. The number of hydrogen-bond acceptors (Lipinski definition) is 12. The predicted molar refractivity (Wildman–Crippen MR) is 438 cm³/mol. The Morgan fingerprint density at radius 1 is 0.386 bits per heavy atom. The van der Waals surface area contributed by atoms with Crippen molar-refractivity contribution >= 4 is 0 Å². The van der Waals surface area contributed by atoms with E-state index < -0.39 is 0 Å². The minimum atomic E-state index is -0.375. The zero-order valence-electron chi connectivity index (χ0n) is 68.9. The Kier molecular flexibility index (Phi) is 31.6. The SMILES string of the molecule is CC(C)(C)c1cc(-c2[c-]ccc(C3C4CC5CC(C4)CC3C5)c2)ncn1.CC(C)c1cc(-c2[c-]cc(C3C4CC5CC(C4)CC3C5)cc2)ncn1.CC(O)CC(C)O.CC(O)CC(C)O.Cc1c(-c2[c-]cccc2)ncnc1C1C2CC3CC(C2)CC1C3.[Ir].[Ir].[Ir].[Ir].[c-]1ccccc1-c1cc(C23CC4CC(CC(C4)C2)C3)ncn1. The number of aliphatic hydroxyl groups excluding tert-OH is 4. The molecule has 16 aliphatic carbocycles. The molecule has 16 bridgehead atoms. The van der Waals surface area contributed by atoms with Crippen LogP contribution in [0.2, 0.25) is 0 Å². The van der Waals surface area contributed by atoms with Gasteiger partial charge in [0, 0.05) is 120 Å². The van der Waals surface area contributed by atoms with Crippen LogP contribution in [0.5, 0.6) is 0 Å². The third-order valence-corrected chi connectivity index (χ3v) is 28.4. The molecular formula is C98H124Ir4N8O4-4. The molecule has 114 heavy (non-hydrogen) atoms. The third kappa shape index (κ3) is 21.5. The summed E-state index contributed by atoms with van der Waals surface area (Å²) in [6.45, 7) is 19.8. The van der Waals surface area contributed by atoms with E-state index in [-0.39, 0.29) is 110 Å². The van der Waals surface area contributed by atoms with Crippen LogP contribution in [0.4, 0.5) is 0 Å². The zero-order chi connectivity index (χ0) is 76.5. The van der Waals surface area contributed by atoms with Crippen LogP contribution >= 0.6 is 0 Å².